The number of rotatable bonds is 6. The normalized spacial score (nSPS) is 20.3. The Hall–Kier alpha value is -4.69. The SMILES string of the molecule is Cc1c(-c2ccccc2)nc2ccc(Br)cc2c1C(=O)NC12CCC(C(=O)OC(C)(C)C)(C=C1c1cc(C#N)ccc1OC(F)(F)F)CC2. The Bertz CT molecular complexity index is 2060. The molecule has 1 fully saturated rings. The van der Waals surface area contributed by atoms with Crippen molar-refractivity contribution < 1.29 is 32.2 Å². The summed E-state index contributed by atoms with van der Waals surface area (Å²) >= 11 is 3.51. The number of aromatic nitrogens is 1. The Balaban J connectivity index is 1.53. The first kappa shape index (κ1) is 34.2. The molecule has 0 saturated heterocycles. The number of hydrogen-bond donors (Lipinski definition) is 1. The number of ether oxygens (including phenoxy) is 2. The Labute approximate surface area is 290 Å². The first-order chi connectivity index (χ1) is 23.0. The van der Waals surface area contributed by atoms with Crippen molar-refractivity contribution >= 4 is 44.3 Å². The molecule has 1 amide bonds. The van der Waals surface area contributed by atoms with Crippen molar-refractivity contribution in [2.75, 3.05) is 0 Å². The van der Waals surface area contributed by atoms with E-state index in [-0.39, 0.29) is 42.4 Å². The fraction of sp³-hybridized carbons (Fsp3) is 0.316. The van der Waals surface area contributed by atoms with Gasteiger partial charge in [-0.15, -0.1) is 13.2 Å². The van der Waals surface area contributed by atoms with E-state index in [4.69, 9.17) is 9.72 Å². The van der Waals surface area contributed by atoms with Crippen LogP contribution in [0.15, 0.2) is 77.3 Å². The van der Waals surface area contributed by atoms with Gasteiger partial charge in [-0.3, -0.25) is 9.59 Å². The van der Waals surface area contributed by atoms with Gasteiger partial charge in [0.15, 0.2) is 0 Å². The molecule has 7 nitrogen and oxygen atoms in total. The van der Waals surface area contributed by atoms with E-state index in [1.807, 2.05) is 61.5 Å². The lowest BCUT2D eigenvalue weighted by Gasteiger charge is -2.52. The van der Waals surface area contributed by atoms with Crippen LogP contribution in [0, 0.1) is 23.7 Å². The second-order valence-corrected chi connectivity index (χ2v) is 14.5. The van der Waals surface area contributed by atoms with E-state index in [0.29, 0.717) is 27.7 Å². The number of alkyl halides is 3. The lowest BCUT2D eigenvalue weighted by Crippen LogP contribution is -2.58. The van der Waals surface area contributed by atoms with Crippen LogP contribution >= 0.6 is 15.9 Å². The molecule has 1 saturated carbocycles. The summed E-state index contributed by atoms with van der Waals surface area (Å²) in [5.41, 5.74) is 0.161. The molecule has 0 atom stereocenters. The molecule has 2 bridgehead atoms. The first-order valence-corrected chi connectivity index (χ1v) is 16.6. The van der Waals surface area contributed by atoms with Crippen LogP contribution in [0.2, 0.25) is 0 Å². The monoisotopic (exact) mass is 731 g/mol. The summed E-state index contributed by atoms with van der Waals surface area (Å²) in [4.78, 5) is 33.3. The van der Waals surface area contributed by atoms with Crippen molar-refractivity contribution in [2.24, 2.45) is 5.41 Å². The molecule has 0 radical (unpaired) electrons. The van der Waals surface area contributed by atoms with Gasteiger partial charge in [0.1, 0.15) is 11.4 Å². The van der Waals surface area contributed by atoms with Crippen LogP contribution in [0.3, 0.4) is 0 Å². The second-order valence-electron chi connectivity index (χ2n) is 13.6. The lowest BCUT2D eigenvalue weighted by molar-refractivity contribution is -0.274. The number of carbonyl (C=O) groups excluding carboxylic acids is 2. The number of benzene rings is 3. The zero-order chi connectivity index (χ0) is 35.4. The zero-order valence-electron chi connectivity index (χ0n) is 27.3. The van der Waals surface area contributed by atoms with Crippen molar-refractivity contribution in [3.8, 4) is 23.1 Å². The van der Waals surface area contributed by atoms with E-state index >= 15 is 0 Å². The third-order valence-electron chi connectivity index (χ3n) is 9.18. The van der Waals surface area contributed by atoms with Gasteiger partial charge in [-0.05, 0) is 101 Å². The smallest absolute Gasteiger partial charge is 0.459 e. The molecule has 11 heteroatoms. The quantitative estimate of drug-likeness (QED) is 0.199. The largest absolute Gasteiger partial charge is 0.573 e. The number of nitriles is 1. The Morgan fingerprint density at radius 2 is 1.67 bits per heavy atom. The number of nitrogens with one attached hydrogen (secondary N) is 1. The Kier molecular flexibility index (Phi) is 8.60. The number of hydrogen-bond acceptors (Lipinski definition) is 6. The topological polar surface area (TPSA) is 101 Å². The zero-order valence-corrected chi connectivity index (χ0v) is 28.9. The number of pyridine rings is 1. The van der Waals surface area contributed by atoms with Gasteiger partial charge in [-0.1, -0.05) is 52.3 Å². The van der Waals surface area contributed by atoms with Gasteiger partial charge >= 0.3 is 12.3 Å². The molecule has 1 aromatic heterocycles. The molecule has 3 aromatic carbocycles. The highest BCUT2D eigenvalue weighted by atomic mass is 79.9. The van der Waals surface area contributed by atoms with E-state index < -0.39 is 40.5 Å². The Morgan fingerprint density at radius 3 is 2.31 bits per heavy atom. The molecule has 3 aliphatic carbocycles. The average molecular weight is 733 g/mol. The minimum atomic E-state index is -5.04. The van der Waals surface area contributed by atoms with Crippen molar-refractivity contribution in [3.63, 3.8) is 0 Å². The maximum absolute atomic E-state index is 14.7. The molecule has 3 aliphatic rings. The number of amides is 1. The summed E-state index contributed by atoms with van der Waals surface area (Å²) in [5, 5.41) is 13.5. The van der Waals surface area contributed by atoms with Crippen molar-refractivity contribution in [1.29, 1.82) is 5.26 Å². The number of carbonyl (C=O) groups is 2. The highest BCUT2D eigenvalue weighted by molar-refractivity contribution is 9.10. The van der Waals surface area contributed by atoms with Crippen LogP contribution < -0.4 is 10.1 Å². The second kappa shape index (κ2) is 12.3. The van der Waals surface area contributed by atoms with Gasteiger partial charge in [0, 0.05) is 21.0 Å². The maximum Gasteiger partial charge on any atom is 0.573 e. The summed E-state index contributed by atoms with van der Waals surface area (Å²) < 4.78 is 52.2. The third-order valence-corrected chi connectivity index (χ3v) is 9.67. The molecule has 4 aromatic rings. The van der Waals surface area contributed by atoms with Gasteiger partial charge in [-0.2, -0.15) is 5.26 Å². The molecule has 49 heavy (non-hydrogen) atoms. The molecule has 252 valence electrons. The first-order valence-electron chi connectivity index (χ1n) is 15.8. The molecule has 0 aliphatic heterocycles. The summed E-state index contributed by atoms with van der Waals surface area (Å²) in [6.07, 6.45) is -2.39. The van der Waals surface area contributed by atoms with E-state index in [9.17, 15) is 28.0 Å². The van der Waals surface area contributed by atoms with Crippen molar-refractivity contribution in [1.82, 2.24) is 10.3 Å². The molecule has 1 N–H and O–H groups in total. The molecule has 0 spiro atoms. The van der Waals surface area contributed by atoms with Crippen LogP contribution in [-0.4, -0.2) is 34.4 Å². The van der Waals surface area contributed by atoms with Crippen LogP contribution in [-0.2, 0) is 9.53 Å². The van der Waals surface area contributed by atoms with E-state index in [0.717, 1.165) is 16.1 Å². The molecule has 7 rings (SSSR count). The van der Waals surface area contributed by atoms with Crippen LogP contribution in [0.5, 0.6) is 5.75 Å². The number of halogens is 4. The minimum absolute atomic E-state index is 0.0342. The number of nitrogens with zero attached hydrogens (tertiary/aromatic N) is 2. The van der Waals surface area contributed by atoms with Crippen LogP contribution in [0.25, 0.3) is 27.7 Å². The average Bonchev–Trinajstić information content (AvgIpc) is 3.04. The summed E-state index contributed by atoms with van der Waals surface area (Å²) in [5.74, 6) is -1.49. The Morgan fingerprint density at radius 1 is 0.980 bits per heavy atom. The molecule has 0 unspecified atom stereocenters. The van der Waals surface area contributed by atoms with Gasteiger partial charge in [0.05, 0.1) is 39.4 Å². The summed E-state index contributed by atoms with van der Waals surface area (Å²) in [6, 6.07) is 20.5. The fourth-order valence-corrected chi connectivity index (χ4v) is 7.29. The maximum atomic E-state index is 14.7. The highest BCUT2D eigenvalue weighted by Crippen LogP contribution is 2.56. The van der Waals surface area contributed by atoms with Crippen molar-refractivity contribution in [2.45, 2.75) is 70.9 Å². The predicted octanol–water partition coefficient (Wildman–Crippen LogP) is 9.21. The van der Waals surface area contributed by atoms with Crippen molar-refractivity contribution in [3.05, 3.63) is 99.5 Å². The molecular formula is C38H33BrF3N3O4. The summed E-state index contributed by atoms with van der Waals surface area (Å²) in [6.45, 7) is 7.06. The van der Waals surface area contributed by atoms with E-state index in [2.05, 4.69) is 26.0 Å². The van der Waals surface area contributed by atoms with Crippen LogP contribution in [0.1, 0.15) is 73.5 Å². The van der Waals surface area contributed by atoms with Crippen LogP contribution in [0.4, 0.5) is 13.2 Å². The van der Waals surface area contributed by atoms with Gasteiger partial charge in [0.2, 0.25) is 0 Å². The van der Waals surface area contributed by atoms with Gasteiger partial charge in [0.25, 0.3) is 5.91 Å². The summed E-state index contributed by atoms with van der Waals surface area (Å²) in [7, 11) is 0. The van der Waals surface area contributed by atoms with Gasteiger partial charge < -0.3 is 14.8 Å². The predicted molar refractivity (Wildman–Crippen MR) is 182 cm³/mol. The number of fused-ring (bicyclic) bond motifs is 3. The standard InChI is InChI=1S/C38H33BrF3N3O4/c1-22-31(27-19-25(39)11-12-29(27)44-32(22)24-8-6-5-7-9-24)33(46)45-37-16-14-36(15-17-37,34(47)49-35(2,3)4)20-28(37)26-18-23(21-43)10-13-30(26)48-38(40,41)42/h5-13,18-20H,14-17H2,1-4H3,(H,45,46). The highest BCUT2D eigenvalue weighted by Gasteiger charge is 2.55. The fourth-order valence-electron chi connectivity index (χ4n) is 6.93. The molecular weight excluding hydrogens is 699 g/mol. The minimum Gasteiger partial charge on any atom is -0.459 e. The number of esters is 1. The van der Waals surface area contributed by atoms with Gasteiger partial charge in [-0.25, -0.2) is 4.98 Å². The van der Waals surface area contributed by atoms with E-state index in [1.165, 1.54) is 12.1 Å². The lowest BCUT2D eigenvalue weighted by atomic mass is 9.57. The molecule has 1 heterocycles. The van der Waals surface area contributed by atoms with E-state index in [1.54, 1.807) is 26.8 Å². The third kappa shape index (κ3) is 6.66.